The van der Waals surface area contributed by atoms with Crippen molar-refractivity contribution in [1.82, 2.24) is 10.2 Å². The number of unbranched alkanes of at least 4 members (excludes halogenated alkanes) is 6. The molecule has 0 aliphatic carbocycles. The summed E-state index contributed by atoms with van der Waals surface area (Å²) in [6.07, 6.45) is 13.4. The minimum atomic E-state index is -0.0579. The van der Waals surface area contributed by atoms with E-state index in [4.69, 9.17) is 0 Å². The molecule has 2 rings (SSSR count). The highest BCUT2D eigenvalue weighted by molar-refractivity contribution is 6.02. The molecule has 1 aliphatic heterocycles. The van der Waals surface area contributed by atoms with Gasteiger partial charge in [0.15, 0.2) is 0 Å². The van der Waals surface area contributed by atoms with E-state index in [1.54, 1.807) is 0 Å². The number of rotatable bonds is 15. The van der Waals surface area contributed by atoms with Crippen molar-refractivity contribution in [2.75, 3.05) is 50.5 Å². The van der Waals surface area contributed by atoms with Gasteiger partial charge in [0.1, 0.15) is 0 Å². The van der Waals surface area contributed by atoms with Crippen molar-refractivity contribution in [3.8, 4) is 0 Å². The van der Waals surface area contributed by atoms with E-state index in [2.05, 4.69) is 27.4 Å². The highest BCUT2D eigenvalue weighted by atomic mass is 16.2. The van der Waals surface area contributed by atoms with Crippen LogP contribution < -0.4 is 15.5 Å². The molecule has 0 aromatic heterocycles. The van der Waals surface area contributed by atoms with E-state index < -0.39 is 0 Å². The molecule has 0 atom stereocenters. The van der Waals surface area contributed by atoms with E-state index in [-0.39, 0.29) is 11.8 Å². The number of hydrogen-bond acceptors (Lipinski definition) is 4. The second-order valence-electron chi connectivity index (χ2n) is 9.61. The van der Waals surface area contributed by atoms with Gasteiger partial charge in [-0.05, 0) is 70.9 Å². The summed E-state index contributed by atoms with van der Waals surface area (Å²) in [5, 5.41) is 6.09. The van der Waals surface area contributed by atoms with Crippen LogP contribution >= 0.6 is 0 Å². The number of hydrogen-bond donors (Lipinski definition) is 2. The van der Waals surface area contributed by atoms with Crippen LogP contribution in [0.3, 0.4) is 0 Å². The molecule has 1 aromatic rings. The predicted octanol–water partition coefficient (Wildman–Crippen LogP) is 5.44. The lowest BCUT2D eigenvalue weighted by Gasteiger charge is -2.30. The largest absolute Gasteiger partial charge is 0.371 e. The fourth-order valence-electron chi connectivity index (χ4n) is 4.36. The summed E-state index contributed by atoms with van der Waals surface area (Å²) in [7, 11) is 4.07. The Bertz CT molecular complexity index is 714. The SMILES string of the molecule is CCCCCCCCCC(=O)Nc1ccc(N2CCCCC2)c(C(=O)NCCCN(C)C)c1. The molecule has 1 fully saturated rings. The number of nitrogens with one attached hydrogen (secondary N) is 2. The van der Waals surface area contributed by atoms with E-state index in [0.29, 0.717) is 24.2 Å². The van der Waals surface area contributed by atoms with E-state index >= 15 is 0 Å². The topological polar surface area (TPSA) is 64.7 Å². The molecule has 0 saturated carbocycles. The van der Waals surface area contributed by atoms with Gasteiger partial charge in [-0.2, -0.15) is 0 Å². The first-order chi connectivity index (χ1) is 16.0. The van der Waals surface area contributed by atoms with Gasteiger partial charge in [-0.3, -0.25) is 9.59 Å². The van der Waals surface area contributed by atoms with E-state index in [0.717, 1.165) is 57.4 Å². The Hall–Kier alpha value is -2.08. The molecule has 1 aromatic carbocycles. The maximum atomic E-state index is 13.0. The van der Waals surface area contributed by atoms with Crippen molar-refractivity contribution in [1.29, 1.82) is 0 Å². The second kappa shape index (κ2) is 15.7. The zero-order valence-electron chi connectivity index (χ0n) is 21.3. The third-order valence-electron chi connectivity index (χ3n) is 6.30. The molecule has 186 valence electrons. The Kier molecular flexibility index (Phi) is 12.9. The smallest absolute Gasteiger partial charge is 0.253 e. The van der Waals surface area contributed by atoms with Gasteiger partial charge in [0, 0.05) is 37.4 Å². The maximum Gasteiger partial charge on any atom is 0.253 e. The summed E-state index contributed by atoms with van der Waals surface area (Å²) in [4.78, 5) is 29.9. The highest BCUT2D eigenvalue weighted by Gasteiger charge is 2.19. The third-order valence-corrected chi connectivity index (χ3v) is 6.30. The van der Waals surface area contributed by atoms with Crippen LogP contribution in [0.4, 0.5) is 11.4 Å². The van der Waals surface area contributed by atoms with Crippen LogP contribution in [0.15, 0.2) is 18.2 Å². The van der Waals surface area contributed by atoms with Crippen molar-refractivity contribution in [2.45, 2.75) is 84.0 Å². The van der Waals surface area contributed by atoms with Crippen LogP contribution in [0.2, 0.25) is 0 Å². The summed E-state index contributed by atoms with van der Waals surface area (Å²) in [6.45, 7) is 5.76. The predicted molar refractivity (Wildman–Crippen MR) is 139 cm³/mol. The highest BCUT2D eigenvalue weighted by Crippen LogP contribution is 2.27. The monoisotopic (exact) mass is 458 g/mol. The molecule has 0 bridgehead atoms. The van der Waals surface area contributed by atoms with Crippen molar-refractivity contribution < 1.29 is 9.59 Å². The Morgan fingerprint density at radius 1 is 0.939 bits per heavy atom. The van der Waals surface area contributed by atoms with Crippen molar-refractivity contribution >= 4 is 23.2 Å². The second-order valence-corrected chi connectivity index (χ2v) is 9.61. The number of nitrogens with zero attached hydrogens (tertiary/aromatic N) is 2. The quantitative estimate of drug-likeness (QED) is 0.344. The van der Waals surface area contributed by atoms with Crippen LogP contribution in [0, 0.1) is 0 Å². The first-order valence-electron chi connectivity index (χ1n) is 13.1. The van der Waals surface area contributed by atoms with Crippen LogP contribution in [-0.4, -0.2) is 57.0 Å². The van der Waals surface area contributed by atoms with Gasteiger partial charge >= 0.3 is 0 Å². The van der Waals surface area contributed by atoms with E-state index in [9.17, 15) is 9.59 Å². The lowest BCUT2D eigenvalue weighted by Crippen LogP contribution is -2.33. The summed E-state index contributed by atoms with van der Waals surface area (Å²) < 4.78 is 0. The first-order valence-corrected chi connectivity index (χ1v) is 13.1. The number of piperidine rings is 1. The Labute approximate surface area is 201 Å². The molecule has 2 N–H and O–H groups in total. The number of carbonyl (C=O) groups is 2. The lowest BCUT2D eigenvalue weighted by atomic mass is 10.1. The maximum absolute atomic E-state index is 13.0. The van der Waals surface area contributed by atoms with Gasteiger partial charge in [0.05, 0.1) is 5.56 Å². The van der Waals surface area contributed by atoms with Gasteiger partial charge in [-0.1, -0.05) is 45.4 Å². The van der Waals surface area contributed by atoms with Crippen LogP contribution in [-0.2, 0) is 4.79 Å². The van der Waals surface area contributed by atoms with Crippen LogP contribution in [0.5, 0.6) is 0 Å². The van der Waals surface area contributed by atoms with Gasteiger partial charge in [0.2, 0.25) is 5.91 Å². The molecule has 0 spiro atoms. The molecule has 1 heterocycles. The van der Waals surface area contributed by atoms with Gasteiger partial charge in [0.25, 0.3) is 5.91 Å². The Morgan fingerprint density at radius 3 is 2.33 bits per heavy atom. The zero-order chi connectivity index (χ0) is 23.9. The summed E-state index contributed by atoms with van der Waals surface area (Å²) in [5.74, 6) is -0.0240. The van der Waals surface area contributed by atoms with Crippen LogP contribution in [0.1, 0.15) is 94.3 Å². The summed E-state index contributed by atoms with van der Waals surface area (Å²) >= 11 is 0. The van der Waals surface area contributed by atoms with Crippen molar-refractivity contribution in [2.24, 2.45) is 0 Å². The molecular weight excluding hydrogens is 412 g/mol. The van der Waals surface area contributed by atoms with E-state index in [1.807, 2.05) is 32.3 Å². The van der Waals surface area contributed by atoms with Gasteiger partial charge < -0.3 is 20.4 Å². The number of amides is 2. The van der Waals surface area contributed by atoms with Crippen molar-refractivity contribution in [3.05, 3.63) is 23.8 Å². The Morgan fingerprint density at radius 2 is 1.64 bits per heavy atom. The summed E-state index contributed by atoms with van der Waals surface area (Å²) in [6, 6.07) is 5.80. The third kappa shape index (κ3) is 10.6. The first kappa shape index (κ1) is 27.2. The molecule has 1 aliphatic rings. The molecule has 33 heavy (non-hydrogen) atoms. The summed E-state index contributed by atoms with van der Waals surface area (Å²) in [5.41, 5.74) is 2.35. The number of anilines is 2. The number of carbonyl (C=O) groups excluding carboxylic acids is 2. The fourth-order valence-corrected chi connectivity index (χ4v) is 4.36. The zero-order valence-corrected chi connectivity index (χ0v) is 21.3. The average Bonchev–Trinajstić information content (AvgIpc) is 2.81. The normalized spacial score (nSPS) is 13.9. The molecule has 0 unspecified atom stereocenters. The minimum absolute atomic E-state index is 0.0339. The standard InChI is InChI=1S/C27H46N4O2/c1-4-5-6-7-8-9-11-15-26(32)29-23-16-17-25(31-20-12-10-13-21-31)24(22-23)27(33)28-18-14-19-30(2)3/h16-17,22H,4-15,18-21H2,1-3H3,(H,28,33)(H,29,32). The van der Waals surface area contributed by atoms with Crippen LogP contribution in [0.25, 0.3) is 0 Å². The van der Waals surface area contributed by atoms with Gasteiger partial charge in [-0.25, -0.2) is 0 Å². The van der Waals surface area contributed by atoms with Crippen molar-refractivity contribution in [3.63, 3.8) is 0 Å². The van der Waals surface area contributed by atoms with E-state index in [1.165, 1.54) is 38.5 Å². The molecule has 1 saturated heterocycles. The average molecular weight is 459 g/mol. The van der Waals surface area contributed by atoms with Gasteiger partial charge in [-0.15, -0.1) is 0 Å². The molecular formula is C27H46N4O2. The Balaban J connectivity index is 1.94. The number of benzene rings is 1. The molecule has 6 nitrogen and oxygen atoms in total. The minimum Gasteiger partial charge on any atom is -0.371 e. The molecule has 6 heteroatoms. The fraction of sp³-hybridized carbons (Fsp3) is 0.704. The lowest BCUT2D eigenvalue weighted by molar-refractivity contribution is -0.116. The molecule has 0 radical (unpaired) electrons. The molecule has 2 amide bonds.